The van der Waals surface area contributed by atoms with Crippen LogP contribution in [0.5, 0.6) is 11.5 Å². The zero-order chi connectivity index (χ0) is 17.2. The van der Waals surface area contributed by atoms with E-state index in [-0.39, 0.29) is 6.04 Å². The molecule has 1 atom stereocenters. The molecule has 2 heterocycles. The second kappa shape index (κ2) is 6.61. The first kappa shape index (κ1) is 15.7. The van der Waals surface area contributed by atoms with E-state index in [2.05, 4.69) is 42.5 Å². The van der Waals surface area contributed by atoms with Gasteiger partial charge in [-0.25, -0.2) is 4.68 Å². The van der Waals surface area contributed by atoms with Crippen molar-refractivity contribution in [2.75, 3.05) is 6.79 Å². The van der Waals surface area contributed by atoms with Gasteiger partial charge >= 0.3 is 0 Å². The Hall–Kier alpha value is -2.79. The van der Waals surface area contributed by atoms with Crippen LogP contribution in [-0.4, -0.2) is 16.6 Å². The van der Waals surface area contributed by atoms with Gasteiger partial charge in [-0.3, -0.25) is 0 Å². The first-order valence-corrected chi connectivity index (χ1v) is 8.45. The van der Waals surface area contributed by atoms with Crippen molar-refractivity contribution in [2.24, 2.45) is 0 Å². The SMILES string of the molecule is Cc1c([C@@H](C)NCc2cccc3c2OCO3)cnn1-c1ccccc1. The number of rotatable bonds is 5. The zero-order valence-electron chi connectivity index (χ0n) is 14.4. The number of nitrogens with zero attached hydrogens (tertiary/aromatic N) is 2. The summed E-state index contributed by atoms with van der Waals surface area (Å²) in [6.07, 6.45) is 1.94. The molecule has 0 saturated carbocycles. The molecule has 1 aliphatic heterocycles. The van der Waals surface area contributed by atoms with Gasteiger partial charge in [-0.05, 0) is 32.0 Å². The maximum absolute atomic E-state index is 5.57. The number of fused-ring (bicyclic) bond motifs is 1. The first-order valence-electron chi connectivity index (χ1n) is 8.45. The Morgan fingerprint density at radius 1 is 1.12 bits per heavy atom. The molecule has 1 aromatic heterocycles. The minimum absolute atomic E-state index is 0.177. The molecule has 2 aromatic carbocycles. The molecule has 4 rings (SSSR count). The molecular formula is C20H21N3O2. The molecule has 128 valence electrons. The van der Waals surface area contributed by atoms with E-state index in [0.29, 0.717) is 13.3 Å². The maximum atomic E-state index is 5.57. The summed E-state index contributed by atoms with van der Waals surface area (Å²) in [6.45, 7) is 5.26. The van der Waals surface area contributed by atoms with Crippen LogP contribution in [0.4, 0.5) is 0 Å². The molecule has 0 saturated heterocycles. The van der Waals surface area contributed by atoms with Crippen molar-refractivity contribution in [2.45, 2.75) is 26.4 Å². The quantitative estimate of drug-likeness (QED) is 0.771. The number of para-hydroxylation sites is 2. The lowest BCUT2D eigenvalue weighted by atomic mass is 10.1. The number of benzene rings is 2. The Morgan fingerprint density at radius 3 is 2.80 bits per heavy atom. The van der Waals surface area contributed by atoms with E-state index in [9.17, 15) is 0 Å². The largest absolute Gasteiger partial charge is 0.454 e. The van der Waals surface area contributed by atoms with E-state index >= 15 is 0 Å². The van der Waals surface area contributed by atoms with Crippen molar-refractivity contribution >= 4 is 0 Å². The van der Waals surface area contributed by atoms with Crippen molar-refractivity contribution in [1.82, 2.24) is 15.1 Å². The second-order valence-electron chi connectivity index (χ2n) is 6.19. The van der Waals surface area contributed by atoms with Gasteiger partial charge in [0, 0.05) is 29.4 Å². The Kier molecular flexibility index (Phi) is 4.15. The second-order valence-corrected chi connectivity index (χ2v) is 6.19. The van der Waals surface area contributed by atoms with Crippen molar-refractivity contribution in [3.63, 3.8) is 0 Å². The van der Waals surface area contributed by atoms with E-state index < -0.39 is 0 Å². The zero-order valence-corrected chi connectivity index (χ0v) is 14.4. The molecule has 0 fully saturated rings. The van der Waals surface area contributed by atoms with E-state index in [4.69, 9.17) is 9.47 Å². The molecule has 1 N–H and O–H groups in total. The third kappa shape index (κ3) is 2.98. The third-order valence-corrected chi connectivity index (χ3v) is 4.59. The van der Waals surface area contributed by atoms with Crippen LogP contribution >= 0.6 is 0 Å². The minimum atomic E-state index is 0.177. The van der Waals surface area contributed by atoms with Gasteiger partial charge in [0.2, 0.25) is 6.79 Å². The number of ether oxygens (including phenoxy) is 2. The van der Waals surface area contributed by atoms with Gasteiger partial charge in [0.15, 0.2) is 11.5 Å². The molecule has 1 aliphatic rings. The highest BCUT2D eigenvalue weighted by Crippen LogP contribution is 2.35. The van der Waals surface area contributed by atoms with E-state index in [1.807, 2.05) is 41.2 Å². The predicted molar refractivity (Wildman–Crippen MR) is 96.1 cm³/mol. The van der Waals surface area contributed by atoms with Gasteiger partial charge in [-0.1, -0.05) is 30.3 Å². The summed E-state index contributed by atoms with van der Waals surface area (Å²) in [7, 11) is 0. The van der Waals surface area contributed by atoms with Gasteiger partial charge in [0.1, 0.15) is 0 Å². The first-order chi connectivity index (χ1) is 12.2. The van der Waals surface area contributed by atoms with Gasteiger partial charge in [-0.2, -0.15) is 5.10 Å². The number of hydrogen-bond acceptors (Lipinski definition) is 4. The van der Waals surface area contributed by atoms with Crippen LogP contribution < -0.4 is 14.8 Å². The average Bonchev–Trinajstić information content (AvgIpc) is 3.27. The average molecular weight is 335 g/mol. The molecule has 0 bridgehead atoms. The Morgan fingerprint density at radius 2 is 1.96 bits per heavy atom. The number of aromatic nitrogens is 2. The molecule has 0 spiro atoms. The molecule has 5 nitrogen and oxygen atoms in total. The molecule has 0 aliphatic carbocycles. The lowest BCUT2D eigenvalue weighted by Gasteiger charge is -2.15. The lowest BCUT2D eigenvalue weighted by molar-refractivity contribution is 0.173. The number of hydrogen-bond donors (Lipinski definition) is 1. The third-order valence-electron chi connectivity index (χ3n) is 4.59. The van der Waals surface area contributed by atoms with Crippen LogP contribution in [0, 0.1) is 6.92 Å². The normalized spacial score (nSPS) is 13.8. The highest BCUT2D eigenvalue weighted by atomic mass is 16.7. The van der Waals surface area contributed by atoms with Crippen molar-refractivity contribution < 1.29 is 9.47 Å². The van der Waals surface area contributed by atoms with Gasteiger partial charge in [-0.15, -0.1) is 0 Å². The van der Waals surface area contributed by atoms with Gasteiger partial charge in [0.05, 0.1) is 11.9 Å². The van der Waals surface area contributed by atoms with Crippen molar-refractivity contribution in [1.29, 1.82) is 0 Å². The van der Waals surface area contributed by atoms with E-state index in [1.54, 1.807) is 0 Å². The topological polar surface area (TPSA) is 48.3 Å². The Bertz CT molecular complexity index is 874. The molecule has 3 aromatic rings. The lowest BCUT2D eigenvalue weighted by Crippen LogP contribution is -2.19. The fourth-order valence-corrected chi connectivity index (χ4v) is 3.18. The van der Waals surface area contributed by atoms with Crippen LogP contribution in [-0.2, 0) is 6.54 Å². The van der Waals surface area contributed by atoms with Crippen molar-refractivity contribution in [3.8, 4) is 17.2 Å². The number of nitrogens with one attached hydrogen (secondary N) is 1. The summed E-state index contributed by atoms with van der Waals surface area (Å²) in [4.78, 5) is 0. The van der Waals surface area contributed by atoms with Crippen LogP contribution in [0.1, 0.15) is 29.8 Å². The fourth-order valence-electron chi connectivity index (χ4n) is 3.18. The summed E-state index contributed by atoms with van der Waals surface area (Å²) in [6, 6.07) is 16.3. The summed E-state index contributed by atoms with van der Waals surface area (Å²) >= 11 is 0. The summed E-state index contributed by atoms with van der Waals surface area (Å²) in [5.74, 6) is 1.67. The smallest absolute Gasteiger partial charge is 0.231 e. The molecule has 5 heteroatoms. The van der Waals surface area contributed by atoms with E-state index in [1.165, 1.54) is 5.56 Å². The van der Waals surface area contributed by atoms with Crippen LogP contribution in [0.25, 0.3) is 5.69 Å². The summed E-state index contributed by atoms with van der Waals surface area (Å²) in [5.41, 5.74) is 4.51. The van der Waals surface area contributed by atoms with Gasteiger partial charge in [0.25, 0.3) is 0 Å². The van der Waals surface area contributed by atoms with Gasteiger partial charge < -0.3 is 14.8 Å². The Labute approximate surface area is 147 Å². The van der Waals surface area contributed by atoms with Crippen LogP contribution in [0.2, 0.25) is 0 Å². The van der Waals surface area contributed by atoms with E-state index in [0.717, 1.165) is 28.4 Å². The standard InChI is InChI=1S/C20H21N3O2/c1-14(21-11-16-7-6-10-19-20(16)25-13-24-19)18-12-22-23(15(18)2)17-8-4-3-5-9-17/h3-10,12,14,21H,11,13H2,1-2H3/t14-/m1/s1. The fraction of sp³-hybridized carbons (Fsp3) is 0.250. The maximum Gasteiger partial charge on any atom is 0.231 e. The molecule has 25 heavy (non-hydrogen) atoms. The van der Waals surface area contributed by atoms with Crippen molar-refractivity contribution in [3.05, 3.63) is 71.5 Å². The molecule has 0 radical (unpaired) electrons. The monoisotopic (exact) mass is 335 g/mol. The highest BCUT2D eigenvalue weighted by Gasteiger charge is 2.19. The van der Waals surface area contributed by atoms with Crippen LogP contribution in [0.3, 0.4) is 0 Å². The minimum Gasteiger partial charge on any atom is -0.454 e. The Balaban J connectivity index is 1.50. The highest BCUT2D eigenvalue weighted by molar-refractivity contribution is 5.48. The molecule has 0 unspecified atom stereocenters. The molecular weight excluding hydrogens is 314 g/mol. The molecule has 0 amide bonds. The predicted octanol–water partition coefficient (Wildman–Crippen LogP) is 3.76. The summed E-state index contributed by atoms with van der Waals surface area (Å²) in [5, 5.41) is 8.11. The summed E-state index contributed by atoms with van der Waals surface area (Å²) < 4.78 is 13.0. The van der Waals surface area contributed by atoms with Crippen LogP contribution in [0.15, 0.2) is 54.7 Å².